The second-order valence-corrected chi connectivity index (χ2v) is 7.45. The van der Waals surface area contributed by atoms with Gasteiger partial charge in [0.15, 0.2) is 0 Å². The van der Waals surface area contributed by atoms with Gasteiger partial charge in [0.2, 0.25) is 0 Å². The van der Waals surface area contributed by atoms with Gasteiger partial charge in [-0.1, -0.05) is 12.1 Å². The average molecular weight is 416 g/mol. The Hall–Kier alpha value is -3.10. The summed E-state index contributed by atoms with van der Waals surface area (Å²) in [5.74, 6) is -0.408. The van der Waals surface area contributed by atoms with Gasteiger partial charge in [-0.15, -0.1) is 0 Å². The molecular formula is C22H28N2O6. The van der Waals surface area contributed by atoms with Crippen LogP contribution in [-0.4, -0.2) is 40.8 Å². The monoisotopic (exact) mass is 416 g/mol. The van der Waals surface area contributed by atoms with Crippen molar-refractivity contribution in [1.82, 2.24) is 0 Å². The topological polar surface area (TPSA) is 145 Å². The fourth-order valence-electron chi connectivity index (χ4n) is 3.10. The quantitative estimate of drug-likeness (QED) is 0.479. The third-order valence-electron chi connectivity index (χ3n) is 4.69. The van der Waals surface area contributed by atoms with Gasteiger partial charge in [-0.25, -0.2) is 0 Å². The summed E-state index contributed by atoms with van der Waals surface area (Å²) in [6.07, 6.45) is 0.223. The van der Waals surface area contributed by atoms with Gasteiger partial charge >= 0.3 is 11.9 Å². The third kappa shape index (κ3) is 5.71. The van der Waals surface area contributed by atoms with Crippen LogP contribution in [0.15, 0.2) is 24.3 Å². The van der Waals surface area contributed by atoms with Crippen molar-refractivity contribution < 1.29 is 29.3 Å². The van der Waals surface area contributed by atoms with E-state index < -0.39 is 30.6 Å². The van der Waals surface area contributed by atoms with Gasteiger partial charge in [-0.05, 0) is 74.1 Å². The molecule has 0 fully saturated rings. The summed E-state index contributed by atoms with van der Waals surface area (Å²) in [4.78, 5) is 22.7. The van der Waals surface area contributed by atoms with Crippen molar-refractivity contribution in [2.75, 3.05) is 6.61 Å². The first-order chi connectivity index (χ1) is 14.0. The summed E-state index contributed by atoms with van der Waals surface area (Å²) in [6, 6.07) is 5.05. The number of aromatic hydroxyl groups is 1. The highest BCUT2D eigenvalue weighted by molar-refractivity contribution is 5.77. The smallest absolute Gasteiger partial charge is 0.324 e. The molecule has 2 aromatic carbocycles. The number of hydrogen-bond acceptors (Lipinski definition) is 7. The number of ether oxygens (including phenoxy) is 2. The maximum Gasteiger partial charge on any atom is 0.324 e. The highest BCUT2D eigenvalue weighted by Crippen LogP contribution is 2.34. The zero-order valence-electron chi connectivity index (χ0n) is 17.6. The van der Waals surface area contributed by atoms with E-state index in [4.69, 9.17) is 26.0 Å². The van der Waals surface area contributed by atoms with Crippen LogP contribution in [0.2, 0.25) is 0 Å². The molecule has 8 heteroatoms. The first-order valence-electron chi connectivity index (χ1n) is 9.48. The SMILES string of the molecule is Cc1cc(Oc2c(C)cc(CC(N)C(=O)OCC(N)C(=O)O)cc2C)cc(C)c1O. The zero-order chi connectivity index (χ0) is 22.6. The number of hydrogen-bond donors (Lipinski definition) is 4. The summed E-state index contributed by atoms with van der Waals surface area (Å²) >= 11 is 0. The Balaban J connectivity index is 2.10. The van der Waals surface area contributed by atoms with Crippen LogP contribution < -0.4 is 16.2 Å². The van der Waals surface area contributed by atoms with Crippen molar-refractivity contribution in [3.63, 3.8) is 0 Å². The molecule has 0 heterocycles. The van der Waals surface area contributed by atoms with E-state index in [-0.39, 0.29) is 12.2 Å². The molecule has 2 aromatic rings. The predicted molar refractivity (Wildman–Crippen MR) is 112 cm³/mol. The number of carboxylic acids is 1. The summed E-state index contributed by atoms with van der Waals surface area (Å²) in [5.41, 5.74) is 15.2. The lowest BCUT2D eigenvalue weighted by molar-refractivity contribution is -0.149. The minimum absolute atomic E-state index is 0.223. The standard InChI is InChI=1S/C22H28N2O6/c1-11-7-16(8-12(2)19(11)25)30-20-13(3)5-15(6-14(20)4)9-17(23)22(28)29-10-18(24)21(26)27/h5-8,17-18,25H,9-10,23-24H2,1-4H3,(H,26,27). The summed E-state index contributed by atoms with van der Waals surface area (Å²) in [7, 11) is 0. The lowest BCUT2D eigenvalue weighted by atomic mass is 10.0. The molecule has 0 spiro atoms. The van der Waals surface area contributed by atoms with E-state index in [1.807, 2.05) is 39.8 Å². The van der Waals surface area contributed by atoms with Gasteiger partial charge in [0.1, 0.15) is 35.9 Å². The van der Waals surface area contributed by atoms with Crippen molar-refractivity contribution in [3.8, 4) is 17.2 Å². The van der Waals surface area contributed by atoms with E-state index in [0.29, 0.717) is 11.5 Å². The minimum Gasteiger partial charge on any atom is -0.507 e. The second-order valence-electron chi connectivity index (χ2n) is 7.45. The van der Waals surface area contributed by atoms with Crippen LogP contribution in [0.3, 0.4) is 0 Å². The van der Waals surface area contributed by atoms with E-state index in [2.05, 4.69) is 0 Å². The third-order valence-corrected chi connectivity index (χ3v) is 4.69. The van der Waals surface area contributed by atoms with Crippen molar-refractivity contribution >= 4 is 11.9 Å². The fraction of sp³-hybridized carbons (Fsp3) is 0.364. The number of phenols is 1. The van der Waals surface area contributed by atoms with Crippen molar-refractivity contribution in [2.24, 2.45) is 11.5 Å². The number of rotatable bonds is 8. The number of nitrogens with two attached hydrogens (primary N) is 2. The van der Waals surface area contributed by atoms with E-state index in [1.165, 1.54) is 0 Å². The average Bonchev–Trinajstić information content (AvgIpc) is 2.66. The van der Waals surface area contributed by atoms with Gasteiger partial charge in [0.25, 0.3) is 0 Å². The van der Waals surface area contributed by atoms with Crippen LogP contribution in [-0.2, 0) is 20.7 Å². The molecule has 0 saturated carbocycles. The molecule has 8 nitrogen and oxygen atoms in total. The predicted octanol–water partition coefficient (Wildman–Crippen LogP) is 2.24. The molecule has 6 N–H and O–H groups in total. The largest absolute Gasteiger partial charge is 0.507 e. The number of phenolic OH excluding ortho intramolecular Hbond substituents is 1. The van der Waals surface area contributed by atoms with Gasteiger partial charge in [0.05, 0.1) is 0 Å². The first kappa shape index (κ1) is 23.2. The molecular weight excluding hydrogens is 388 g/mol. The Kier molecular flexibility index (Phi) is 7.42. The molecule has 30 heavy (non-hydrogen) atoms. The molecule has 0 aromatic heterocycles. The maximum atomic E-state index is 12.0. The molecule has 0 aliphatic rings. The zero-order valence-corrected chi connectivity index (χ0v) is 17.6. The highest BCUT2D eigenvalue weighted by atomic mass is 16.5. The number of carboxylic acid groups (broad SMARTS) is 1. The van der Waals surface area contributed by atoms with Gasteiger partial charge < -0.3 is 31.2 Å². The molecule has 0 radical (unpaired) electrons. The van der Waals surface area contributed by atoms with E-state index >= 15 is 0 Å². The number of benzene rings is 2. The number of aliphatic carboxylic acids is 1. The van der Waals surface area contributed by atoms with Crippen LogP contribution in [0.25, 0.3) is 0 Å². The fourth-order valence-corrected chi connectivity index (χ4v) is 3.10. The summed E-state index contributed by atoms with van der Waals surface area (Å²) in [6.45, 7) is 6.96. The summed E-state index contributed by atoms with van der Waals surface area (Å²) < 4.78 is 10.9. The van der Waals surface area contributed by atoms with Crippen LogP contribution in [0.1, 0.15) is 27.8 Å². The normalized spacial score (nSPS) is 12.9. The molecule has 162 valence electrons. The Morgan fingerprint density at radius 2 is 1.47 bits per heavy atom. The van der Waals surface area contributed by atoms with E-state index in [1.54, 1.807) is 12.1 Å². The van der Waals surface area contributed by atoms with Crippen LogP contribution >= 0.6 is 0 Å². The van der Waals surface area contributed by atoms with Crippen molar-refractivity contribution in [3.05, 3.63) is 52.1 Å². The summed E-state index contributed by atoms with van der Waals surface area (Å²) in [5, 5.41) is 18.7. The van der Waals surface area contributed by atoms with Crippen molar-refractivity contribution in [2.45, 2.75) is 46.2 Å². The van der Waals surface area contributed by atoms with Gasteiger partial charge in [-0.3, -0.25) is 9.59 Å². The molecule has 0 amide bonds. The first-order valence-corrected chi connectivity index (χ1v) is 9.48. The number of esters is 1. The number of carbonyl (C=O) groups excluding carboxylic acids is 1. The minimum atomic E-state index is -1.28. The number of carbonyl (C=O) groups is 2. The maximum absolute atomic E-state index is 12.0. The molecule has 0 aliphatic carbocycles. The van der Waals surface area contributed by atoms with E-state index in [9.17, 15) is 14.7 Å². The molecule has 2 rings (SSSR count). The Morgan fingerprint density at radius 3 is 1.97 bits per heavy atom. The molecule has 0 saturated heterocycles. The van der Waals surface area contributed by atoms with Gasteiger partial charge in [-0.2, -0.15) is 0 Å². The Bertz CT molecular complexity index is 911. The lowest BCUT2D eigenvalue weighted by Crippen LogP contribution is -2.40. The van der Waals surface area contributed by atoms with Gasteiger partial charge in [0, 0.05) is 0 Å². The molecule has 0 bridgehead atoms. The molecule has 2 atom stereocenters. The number of aryl methyl sites for hydroxylation is 4. The highest BCUT2D eigenvalue weighted by Gasteiger charge is 2.20. The van der Waals surface area contributed by atoms with Crippen LogP contribution in [0, 0.1) is 27.7 Å². The van der Waals surface area contributed by atoms with Crippen molar-refractivity contribution in [1.29, 1.82) is 0 Å². The lowest BCUT2D eigenvalue weighted by Gasteiger charge is -2.17. The van der Waals surface area contributed by atoms with E-state index in [0.717, 1.165) is 27.8 Å². The second kappa shape index (κ2) is 9.60. The van der Waals surface area contributed by atoms with Crippen LogP contribution in [0.4, 0.5) is 0 Å². The Morgan fingerprint density at radius 1 is 0.933 bits per heavy atom. The molecule has 2 unspecified atom stereocenters. The molecule has 0 aliphatic heterocycles. The van der Waals surface area contributed by atoms with Crippen LogP contribution in [0.5, 0.6) is 17.2 Å². The Labute approximate surface area is 175 Å².